The second-order valence-corrected chi connectivity index (χ2v) is 3.73. The number of carbonyl (C=O) groups excluding carboxylic acids is 2. The van der Waals surface area contributed by atoms with Crippen LogP contribution in [0.3, 0.4) is 0 Å². The van der Waals surface area contributed by atoms with Crippen molar-refractivity contribution in [2.24, 2.45) is 0 Å². The van der Waals surface area contributed by atoms with E-state index in [4.69, 9.17) is 0 Å². The van der Waals surface area contributed by atoms with Crippen LogP contribution in [0.25, 0.3) is 0 Å². The molecule has 0 aliphatic carbocycles. The van der Waals surface area contributed by atoms with Crippen molar-refractivity contribution in [3.05, 3.63) is 28.2 Å². The minimum atomic E-state index is -0.862. The summed E-state index contributed by atoms with van der Waals surface area (Å²) in [5.41, 5.74) is 0.634. The average Bonchev–Trinajstić information content (AvgIpc) is 2.22. The number of ether oxygens (including phenoxy) is 1. The molecule has 0 aliphatic rings. The lowest BCUT2D eigenvalue weighted by Gasteiger charge is -2.02. The molecule has 0 radical (unpaired) electrons. The fourth-order valence-corrected chi connectivity index (χ4v) is 1.46. The van der Waals surface area contributed by atoms with Gasteiger partial charge in [-0.2, -0.15) is 0 Å². The summed E-state index contributed by atoms with van der Waals surface area (Å²) in [5, 5.41) is 9.21. The largest absolute Gasteiger partial charge is 0.507 e. The summed E-state index contributed by atoms with van der Waals surface area (Å²) in [7, 11) is 1.16. The topological polar surface area (TPSA) is 63.6 Å². The Bertz CT molecular complexity index is 400. The van der Waals surface area contributed by atoms with Crippen LogP contribution in [0.4, 0.5) is 0 Å². The van der Waals surface area contributed by atoms with Gasteiger partial charge in [-0.05, 0) is 33.6 Å². The van der Waals surface area contributed by atoms with Gasteiger partial charge in [0.1, 0.15) is 5.75 Å². The highest BCUT2D eigenvalue weighted by atomic mass is 79.9. The van der Waals surface area contributed by atoms with E-state index in [1.54, 1.807) is 12.1 Å². The minimum absolute atomic E-state index is 0.0362. The molecule has 0 unspecified atom stereocenters. The molecule has 0 atom stereocenters. The van der Waals surface area contributed by atoms with Crippen molar-refractivity contribution in [3.63, 3.8) is 0 Å². The molecule has 0 aliphatic heterocycles. The van der Waals surface area contributed by atoms with Crippen LogP contribution in [0, 0.1) is 0 Å². The van der Waals surface area contributed by atoms with Gasteiger partial charge in [-0.15, -0.1) is 0 Å². The van der Waals surface area contributed by atoms with Crippen LogP contribution in [0.1, 0.15) is 5.56 Å². The van der Waals surface area contributed by atoms with E-state index in [9.17, 15) is 14.7 Å². The summed E-state index contributed by atoms with van der Waals surface area (Å²) >= 11 is 3.11. The van der Waals surface area contributed by atoms with E-state index >= 15 is 0 Å². The molecule has 80 valence electrons. The number of methoxy groups -OCH3 is 1. The molecule has 1 N–H and O–H groups in total. The third kappa shape index (κ3) is 3.06. The first-order valence-corrected chi connectivity index (χ1v) is 4.92. The second-order valence-electron chi connectivity index (χ2n) is 2.88. The second kappa shape index (κ2) is 4.93. The lowest BCUT2D eigenvalue weighted by Crippen LogP contribution is -2.17. The molecule has 1 rings (SSSR count). The van der Waals surface area contributed by atoms with Crippen molar-refractivity contribution in [2.75, 3.05) is 7.11 Å². The van der Waals surface area contributed by atoms with Gasteiger partial charge in [-0.25, -0.2) is 4.79 Å². The summed E-state index contributed by atoms with van der Waals surface area (Å²) < 4.78 is 4.77. The van der Waals surface area contributed by atoms with Crippen molar-refractivity contribution >= 4 is 27.7 Å². The van der Waals surface area contributed by atoms with Crippen LogP contribution in [0.5, 0.6) is 5.75 Å². The summed E-state index contributed by atoms with van der Waals surface area (Å²) in [6, 6.07) is 4.60. The van der Waals surface area contributed by atoms with Gasteiger partial charge < -0.3 is 9.84 Å². The first kappa shape index (κ1) is 11.7. The van der Waals surface area contributed by atoms with Crippen molar-refractivity contribution in [3.8, 4) is 5.75 Å². The molecule has 0 saturated carbocycles. The molecule has 0 spiro atoms. The third-order valence-electron chi connectivity index (χ3n) is 1.79. The Morgan fingerprint density at radius 3 is 2.67 bits per heavy atom. The number of carbonyl (C=O) groups is 2. The zero-order valence-corrected chi connectivity index (χ0v) is 9.58. The van der Waals surface area contributed by atoms with E-state index in [1.807, 2.05) is 0 Å². The predicted octanol–water partition coefficient (Wildman–Crippen LogP) is 1.44. The van der Waals surface area contributed by atoms with Gasteiger partial charge in [-0.3, -0.25) is 4.79 Å². The smallest absolute Gasteiger partial charge is 0.374 e. The molecular weight excluding hydrogens is 264 g/mol. The highest BCUT2D eigenvalue weighted by molar-refractivity contribution is 9.10. The molecule has 0 saturated heterocycles. The highest BCUT2D eigenvalue weighted by Crippen LogP contribution is 2.24. The summed E-state index contributed by atoms with van der Waals surface area (Å²) in [6.45, 7) is 0. The van der Waals surface area contributed by atoms with E-state index < -0.39 is 11.8 Å². The van der Waals surface area contributed by atoms with E-state index in [1.165, 1.54) is 6.07 Å². The maximum absolute atomic E-state index is 11.2. The number of hydrogen-bond acceptors (Lipinski definition) is 4. The van der Waals surface area contributed by atoms with Gasteiger partial charge in [0, 0.05) is 6.42 Å². The number of halogens is 1. The normalized spacial score (nSPS) is 9.73. The van der Waals surface area contributed by atoms with Crippen LogP contribution in [-0.4, -0.2) is 24.0 Å². The molecule has 4 nitrogen and oxygen atoms in total. The van der Waals surface area contributed by atoms with Gasteiger partial charge >= 0.3 is 5.97 Å². The molecular formula is C10H9BrO4. The fraction of sp³-hybridized carbons (Fsp3) is 0.200. The Kier molecular flexibility index (Phi) is 3.85. The van der Waals surface area contributed by atoms with Crippen LogP contribution < -0.4 is 0 Å². The van der Waals surface area contributed by atoms with Gasteiger partial charge in [0.15, 0.2) is 0 Å². The number of benzene rings is 1. The summed E-state index contributed by atoms with van der Waals surface area (Å²) in [5.74, 6) is -1.39. The van der Waals surface area contributed by atoms with Crippen molar-refractivity contribution in [2.45, 2.75) is 6.42 Å². The molecule has 0 heterocycles. The van der Waals surface area contributed by atoms with Crippen LogP contribution in [-0.2, 0) is 20.7 Å². The van der Waals surface area contributed by atoms with E-state index in [0.717, 1.165) is 7.11 Å². The Hall–Kier alpha value is -1.36. The van der Waals surface area contributed by atoms with Gasteiger partial charge in [-0.1, -0.05) is 6.07 Å². The number of esters is 1. The van der Waals surface area contributed by atoms with Crippen LogP contribution >= 0.6 is 15.9 Å². The highest BCUT2D eigenvalue weighted by Gasteiger charge is 2.14. The Labute approximate surface area is 95.0 Å². The maximum Gasteiger partial charge on any atom is 0.374 e. The predicted molar refractivity (Wildman–Crippen MR) is 56.5 cm³/mol. The molecule has 0 bridgehead atoms. The van der Waals surface area contributed by atoms with Crippen LogP contribution in [0.15, 0.2) is 22.7 Å². The number of Topliss-reactive ketones (excluding diaryl/α,β-unsaturated/α-hetero) is 1. The molecule has 1 aromatic carbocycles. The summed E-state index contributed by atoms with van der Waals surface area (Å²) in [4.78, 5) is 22.0. The first-order chi connectivity index (χ1) is 7.04. The third-order valence-corrected chi connectivity index (χ3v) is 2.42. The van der Waals surface area contributed by atoms with Crippen molar-refractivity contribution < 1.29 is 19.4 Å². The maximum atomic E-state index is 11.2. The molecule has 0 fully saturated rings. The average molecular weight is 273 g/mol. The lowest BCUT2D eigenvalue weighted by atomic mass is 10.1. The Balaban J connectivity index is 2.77. The molecule has 0 amide bonds. The molecule has 1 aromatic rings. The SMILES string of the molecule is COC(=O)C(=O)Cc1ccc(O)c(Br)c1. The number of rotatable bonds is 3. The quantitative estimate of drug-likeness (QED) is 0.668. The van der Waals surface area contributed by atoms with Gasteiger partial charge in [0.25, 0.3) is 0 Å². The monoisotopic (exact) mass is 272 g/mol. The standard InChI is InChI=1S/C10H9BrO4/c1-15-10(14)9(13)5-6-2-3-8(12)7(11)4-6/h2-4,12H,5H2,1H3. The number of phenolic OH excluding ortho intramolecular Hbond substituents is 1. The van der Waals surface area contributed by atoms with Crippen molar-refractivity contribution in [1.82, 2.24) is 0 Å². The number of phenols is 1. The minimum Gasteiger partial charge on any atom is -0.507 e. The van der Waals surface area contributed by atoms with Crippen LogP contribution in [0.2, 0.25) is 0 Å². The zero-order valence-electron chi connectivity index (χ0n) is 7.99. The number of ketones is 1. The number of aromatic hydroxyl groups is 1. The lowest BCUT2D eigenvalue weighted by molar-refractivity contribution is -0.151. The Morgan fingerprint density at radius 2 is 2.13 bits per heavy atom. The van der Waals surface area contributed by atoms with E-state index in [-0.39, 0.29) is 12.2 Å². The fourth-order valence-electron chi connectivity index (χ4n) is 1.03. The molecule has 15 heavy (non-hydrogen) atoms. The van der Waals surface area contributed by atoms with E-state index in [2.05, 4.69) is 20.7 Å². The van der Waals surface area contributed by atoms with Crippen molar-refractivity contribution in [1.29, 1.82) is 0 Å². The summed E-state index contributed by atoms with van der Waals surface area (Å²) in [6.07, 6.45) is -0.0362. The van der Waals surface area contributed by atoms with E-state index in [0.29, 0.717) is 10.0 Å². The zero-order chi connectivity index (χ0) is 11.4. The number of hydrogen-bond donors (Lipinski definition) is 1. The van der Waals surface area contributed by atoms with Gasteiger partial charge in [0.05, 0.1) is 11.6 Å². The molecule has 5 heteroatoms. The Morgan fingerprint density at radius 1 is 1.47 bits per heavy atom. The molecule has 0 aromatic heterocycles. The van der Waals surface area contributed by atoms with Gasteiger partial charge in [0.2, 0.25) is 5.78 Å². The first-order valence-electron chi connectivity index (χ1n) is 4.13.